The molecule has 3 heteroatoms. The zero-order chi connectivity index (χ0) is 14.5. The van der Waals surface area contributed by atoms with Crippen molar-refractivity contribution in [2.24, 2.45) is 17.6 Å². The molecule has 1 amide bonds. The normalized spacial score (nSPS) is 24.4. The monoisotopic (exact) mass is 274 g/mol. The molecule has 2 rings (SSSR count). The molecular weight excluding hydrogens is 248 g/mol. The van der Waals surface area contributed by atoms with Crippen molar-refractivity contribution in [3.63, 3.8) is 0 Å². The SMILES string of the molecule is CC1CCN(C(=O)CCC(N)c2ccccc2)CC1C. The molecule has 1 saturated heterocycles. The Hall–Kier alpha value is -1.35. The summed E-state index contributed by atoms with van der Waals surface area (Å²) in [5.74, 6) is 1.59. The van der Waals surface area contributed by atoms with Crippen LogP contribution in [-0.2, 0) is 4.79 Å². The van der Waals surface area contributed by atoms with Crippen LogP contribution in [0.4, 0.5) is 0 Å². The van der Waals surface area contributed by atoms with E-state index in [0.717, 1.165) is 37.4 Å². The van der Waals surface area contributed by atoms with Gasteiger partial charge in [-0.1, -0.05) is 44.2 Å². The van der Waals surface area contributed by atoms with Crippen molar-refractivity contribution in [2.75, 3.05) is 13.1 Å². The second-order valence-electron chi connectivity index (χ2n) is 6.14. The van der Waals surface area contributed by atoms with Crippen LogP contribution in [0.2, 0.25) is 0 Å². The maximum absolute atomic E-state index is 12.3. The molecular formula is C17H26N2O. The first-order valence-electron chi connectivity index (χ1n) is 7.66. The van der Waals surface area contributed by atoms with Crippen molar-refractivity contribution in [1.29, 1.82) is 0 Å². The van der Waals surface area contributed by atoms with Gasteiger partial charge in [0.1, 0.15) is 0 Å². The molecule has 1 fully saturated rings. The van der Waals surface area contributed by atoms with Gasteiger partial charge in [-0.05, 0) is 30.2 Å². The molecule has 0 radical (unpaired) electrons. The molecule has 0 aliphatic carbocycles. The standard InChI is InChI=1S/C17H26N2O/c1-13-10-11-19(12-14(13)2)17(20)9-8-16(18)15-6-4-3-5-7-15/h3-7,13-14,16H,8-12,18H2,1-2H3. The van der Waals surface area contributed by atoms with E-state index in [1.54, 1.807) is 0 Å². The molecule has 3 unspecified atom stereocenters. The Morgan fingerprint density at radius 2 is 2.00 bits per heavy atom. The fourth-order valence-electron chi connectivity index (χ4n) is 2.79. The highest BCUT2D eigenvalue weighted by Crippen LogP contribution is 2.24. The fourth-order valence-corrected chi connectivity index (χ4v) is 2.79. The van der Waals surface area contributed by atoms with Gasteiger partial charge in [-0.2, -0.15) is 0 Å². The molecule has 2 N–H and O–H groups in total. The topological polar surface area (TPSA) is 46.3 Å². The molecule has 0 bridgehead atoms. The van der Waals surface area contributed by atoms with Gasteiger partial charge in [0.25, 0.3) is 0 Å². The lowest BCUT2D eigenvalue weighted by Gasteiger charge is -2.35. The highest BCUT2D eigenvalue weighted by molar-refractivity contribution is 5.76. The van der Waals surface area contributed by atoms with Crippen LogP contribution in [0, 0.1) is 11.8 Å². The Bertz CT molecular complexity index is 432. The number of likely N-dealkylation sites (tertiary alicyclic amines) is 1. The summed E-state index contributed by atoms with van der Waals surface area (Å²) in [5.41, 5.74) is 7.26. The summed E-state index contributed by atoms with van der Waals surface area (Å²) in [6, 6.07) is 9.98. The second-order valence-corrected chi connectivity index (χ2v) is 6.14. The van der Waals surface area contributed by atoms with Crippen molar-refractivity contribution >= 4 is 5.91 Å². The molecule has 1 aliphatic rings. The number of nitrogens with two attached hydrogens (primary N) is 1. The van der Waals surface area contributed by atoms with E-state index in [4.69, 9.17) is 5.73 Å². The van der Waals surface area contributed by atoms with Crippen molar-refractivity contribution in [3.8, 4) is 0 Å². The van der Waals surface area contributed by atoms with Gasteiger partial charge in [-0.25, -0.2) is 0 Å². The first-order valence-corrected chi connectivity index (χ1v) is 7.66. The van der Waals surface area contributed by atoms with E-state index in [1.165, 1.54) is 0 Å². The van der Waals surface area contributed by atoms with E-state index in [-0.39, 0.29) is 11.9 Å². The minimum Gasteiger partial charge on any atom is -0.342 e. The third-order valence-corrected chi connectivity index (χ3v) is 4.58. The minimum absolute atomic E-state index is 0.0405. The number of benzene rings is 1. The summed E-state index contributed by atoms with van der Waals surface area (Å²) in [7, 11) is 0. The molecule has 20 heavy (non-hydrogen) atoms. The molecule has 3 nitrogen and oxygen atoms in total. The van der Waals surface area contributed by atoms with E-state index in [2.05, 4.69) is 13.8 Å². The number of amides is 1. The van der Waals surface area contributed by atoms with E-state index in [9.17, 15) is 4.79 Å². The average Bonchev–Trinajstić information content (AvgIpc) is 2.48. The van der Waals surface area contributed by atoms with Crippen molar-refractivity contribution in [3.05, 3.63) is 35.9 Å². The lowest BCUT2D eigenvalue weighted by atomic mass is 9.88. The van der Waals surface area contributed by atoms with E-state index in [1.807, 2.05) is 35.2 Å². The summed E-state index contributed by atoms with van der Waals surface area (Å²) in [5, 5.41) is 0. The molecule has 1 aliphatic heterocycles. The smallest absolute Gasteiger partial charge is 0.222 e. The predicted molar refractivity (Wildman–Crippen MR) is 82.1 cm³/mol. The minimum atomic E-state index is -0.0405. The van der Waals surface area contributed by atoms with Crippen LogP contribution in [0.15, 0.2) is 30.3 Å². The molecule has 1 aromatic rings. The fraction of sp³-hybridized carbons (Fsp3) is 0.588. The number of piperidine rings is 1. The number of carbonyl (C=O) groups is 1. The molecule has 3 atom stereocenters. The Labute approximate surface area is 122 Å². The quantitative estimate of drug-likeness (QED) is 0.917. The summed E-state index contributed by atoms with van der Waals surface area (Å²) in [4.78, 5) is 14.3. The van der Waals surface area contributed by atoms with Crippen LogP contribution in [0.1, 0.15) is 44.7 Å². The second kappa shape index (κ2) is 6.89. The third kappa shape index (κ3) is 3.83. The molecule has 110 valence electrons. The molecule has 0 saturated carbocycles. The van der Waals surface area contributed by atoms with Crippen LogP contribution in [-0.4, -0.2) is 23.9 Å². The number of nitrogens with zero attached hydrogens (tertiary/aromatic N) is 1. The number of hydrogen-bond donors (Lipinski definition) is 1. The van der Waals surface area contributed by atoms with Gasteiger partial charge in [-0.15, -0.1) is 0 Å². The Kier molecular flexibility index (Phi) is 5.18. The van der Waals surface area contributed by atoms with E-state index >= 15 is 0 Å². The third-order valence-electron chi connectivity index (χ3n) is 4.58. The maximum atomic E-state index is 12.3. The maximum Gasteiger partial charge on any atom is 0.222 e. The van der Waals surface area contributed by atoms with E-state index < -0.39 is 0 Å². The van der Waals surface area contributed by atoms with Gasteiger partial charge < -0.3 is 10.6 Å². The molecule has 1 aromatic carbocycles. The average molecular weight is 274 g/mol. The first-order chi connectivity index (χ1) is 9.58. The van der Waals surface area contributed by atoms with Crippen molar-refractivity contribution < 1.29 is 4.79 Å². The van der Waals surface area contributed by atoms with Gasteiger partial charge in [0.15, 0.2) is 0 Å². The highest BCUT2D eigenvalue weighted by Gasteiger charge is 2.25. The highest BCUT2D eigenvalue weighted by atomic mass is 16.2. The van der Waals surface area contributed by atoms with Gasteiger partial charge in [0.05, 0.1) is 0 Å². The van der Waals surface area contributed by atoms with Crippen LogP contribution >= 0.6 is 0 Å². The zero-order valence-corrected chi connectivity index (χ0v) is 12.6. The Morgan fingerprint density at radius 3 is 2.65 bits per heavy atom. The van der Waals surface area contributed by atoms with Crippen LogP contribution in [0.25, 0.3) is 0 Å². The zero-order valence-electron chi connectivity index (χ0n) is 12.6. The summed E-state index contributed by atoms with van der Waals surface area (Å²) in [6.07, 6.45) is 2.40. The van der Waals surface area contributed by atoms with Crippen molar-refractivity contribution in [1.82, 2.24) is 4.90 Å². The van der Waals surface area contributed by atoms with Gasteiger partial charge >= 0.3 is 0 Å². The predicted octanol–water partition coefficient (Wildman–Crippen LogP) is 2.97. The number of rotatable bonds is 4. The van der Waals surface area contributed by atoms with Crippen LogP contribution < -0.4 is 5.73 Å². The summed E-state index contributed by atoms with van der Waals surface area (Å²) >= 11 is 0. The van der Waals surface area contributed by atoms with E-state index in [0.29, 0.717) is 12.3 Å². The van der Waals surface area contributed by atoms with Gasteiger partial charge in [0, 0.05) is 25.6 Å². The Morgan fingerprint density at radius 1 is 1.30 bits per heavy atom. The lowest BCUT2D eigenvalue weighted by Crippen LogP contribution is -2.42. The summed E-state index contributed by atoms with van der Waals surface area (Å²) < 4.78 is 0. The van der Waals surface area contributed by atoms with Crippen LogP contribution in [0.3, 0.4) is 0 Å². The lowest BCUT2D eigenvalue weighted by molar-refractivity contribution is -0.133. The summed E-state index contributed by atoms with van der Waals surface area (Å²) in [6.45, 7) is 6.32. The number of hydrogen-bond acceptors (Lipinski definition) is 2. The van der Waals surface area contributed by atoms with Crippen molar-refractivity contribution in [2.45, 2.75) is 39.2 Å². The molecule has 0 spiro atoms. The Balaban J connectivity index is 1.80. The number of carbonyl (C=O) groups excluding carboxylic acids is 1. The van der Waals surface area contributed by atoms with Gasteiger partial charge in [0.2, 0.25) is 5.91 Å². The molecule has 1 heterocycles. The first kappa shape index (κ1) is 15.0. The largest absolute Gasteiger partial charge is 0.342 e. The van der Waals surface area contributed by atoms with Crippen LogP contribution in [0.5, 0.6) is 0 Å². The molecule has 0 aromatic heterocycles. The van der Waals surface area contributed by atoms with Gasteiger partial charge in [-0.3, -0.25) is 4.79 Å².